The molecule has 0 radical (unpaired) electrons. The van der Waals surface area contributed by atoms with Crippen molar-refractivity contribution < 1.29 is 0 Å². The number of hydrogen-bond donors (Lipinski definition) is 1. The lowest BCUT2D eigenvalue weighted by Gasteiger charge is -2.19. The Morgan fingerprint density at radius 3 is 2.50 bits per heavy atom. The van der Waals surface area contributed by atoms with Crippen LogP contribution in [0.4, 0.5) is 0 Å². The Hall–Kier alpha value is -1.76. The van der Waals surface area contributed by atoms with Crippen LogP contribution >= 0.6 is 0 Å². The lowest BCUT2D eigenvalue weighted by atomic mass is 9.87. The summed E-state index contributed by atoms with van der Waals surface area (Å²) in [5, 5.41) is 3.75. The van der Waals surface area contributed by atoms with Gasteiger partial charge in [-0.3, -0.25) is 0 Å². The molecule has 3 rings (SSSR count). The molecule has 0 saturated carbocycles. The van der Waals surface area contributed by atoms with Crippen molar-refractivity contribution in [1.29, 1.82) is 0 Å². The fraction of sp³-hybridized carbons (Fsp3) is 0.520. The fourth-order valence-corrected chi connectivity index (χ4v) is 4.58. The van der Waals surface area contributed by atoms with E-state index in [1.165, 1.54) is 59.2 Å². The second kappa shape index (κ2) is 7.86. The summed E-state index contributed by atoms with van der Waals surface area (Å²) in [6, 6.07) is 0.578. The second-order valence-electron chi connectivity index (χ2n) is 8.67. The third-order valence-corrected chi connectivity index (χ3v) is 6.06. The first-order chi connectivity index (χ1) is 12.4. The normalized spacial score (nSPS) is 26.4. The fourth-order valence-electron chi connectivity index (χ4n) is 4.58. The van der Waals surface area contributed by atoms with Crippen LogP contribution in [0.25, 0.3) is 0 Å². The van der Waals surface area contributed by atoms with Gasteiger partial charge in [-0.05, 0) is 95.9 Å². The molecule has 140 valence electrons. The van der Waals surface area contributed by atoms with Crippen LogP contribution in [0, 0.1) is 5.92 Å². The van der Waals surface area contributed by atoms with Crippen molar-refractivity contribution in [2.75, 3.05) is 0 Å². The van der Waals surface area contributed by atoms with Crippen LogP contribution in [-0.2, 0) is 0 Å². The Labute approximate surface area is 160 Å². The standard InChI is InChI=1S/C25H35N/c1-16(2)24(15-18(4)21-12-10-17(3)11-13-21)22-8-7-9-23(22)25-19(5)14-20(6)26-25/h10-12,15,20-21,26H,7-9,13-14H2,1-6H3/b18-15+. The van der Waals surface area contributed by atoms with Gasteiger partial charge in [-0.1, -0.05) is 41.0 Å². The predicted octanol–water partition coefficient (Wildman–Crippen LogP) is 6.93. The summed E-state index contributed by atoms with van der Waals surface area (Å²) in [6.45, 7) is 13.6. The second-order valence-corrected chi connectivity index (χ2v) is 8.67. The Balaban J connectivity index is 1.94. The van der Waals surface area contributed by atoms with Crippen LogP contribution in [0.1, 0.15) is 73.6 Å². The van der Waals surface area contributed by atoms with E-state index in [4.69, 9.17) is 0 Å². The molecule has 0 amide bonds. The first-order valence-electron chi connectivity index (χ1n) is 10.3. The van der Waals surface area contributed by atoms with E-state index in [-0.39, 0.29) is 0 Å². The summed E-state index contributed by atoms with van der Waals surface area (Å²) >= 11 is 0. The summed E-state index contributed by atoms with van der Waals surface area (Å²) in [5.41, 5.74) is 12.0. The quantitative estimate of drug-likeness (QED) is 0.543. The Bertz CT molecular complexity index is 760. The topological polar surface area (TPSA) is 12.0 Å². The molecule has 2 unspecified atom stereocenters. The summed E-state index contributed by atoms with van der Waals surface area (Å²) in [4.78, 5) is 0. The lowest BCUT2D eigenvalue weighted by molar-refractivity contribution is 0.666. The highest BCUT2D eigenvalue weighted by Gasteiger charge is 2.26. The third-order valence-electron chi connectivity index (χ3n) is 6.06. The van der Waals surface area contributed by atoms with E-state index in [1.807, 2.05) is 0 Å². The van der Waals surface area contributed by atoms with Crippen LogP contribution in [0.15, 0.2) is 69.0 Å². The van der Waals surface area contributed by atoms with Crippen LogP contribution in [-0.4, -0.2) is 6.04 Å². The van der Waals surface area contributed by atoms with Gasteiger partial charge in [0.15, 0.2) is 0 Å². The maximum absolute atomic E-state index is 3.75. The molecule has 2 atom stereocenters. The molecule has 2 aliphatic carbocycles. The lowest BCUT2D eigenvalue weighted by Crippen LogP contribution is -2.19. The first kappa shape index (κ1) is 19.0. The minimum absolute atomic E-state index is 0.545. The SMILES string of the molecule is CC1=CCC(/C(C)=C/C(=C(C)C)C2=C(C3=C(C)CC(C)N3)CCC2)C=C1. The minimum Gasteiger partial charge on any atom is -0.382 e. The van der Waals surface area contributed by atoms with Crippen molar-refractivity contribution in [2.45, 2.75) is 79.7 Å². The molecule has 0 spiro atoms. The Morgan fingerprint density at radius 2 is 1.92 bits per heavy atom. The Kier molecular flexibility index (Phi) is 5.75. The number of allylic oxidation sites excluding steroid dienone is 10. The van der Waals surface area contributed by atoms with Crippen molar-refractivity contribution in [3.05, 3.63) is 69.0 Å². The molecule has 0 fully saturated rings. The average Bonchev–Trinajstić information content (AvgIpc) is 3.18. The van der Waals surface area contributed by atoms with Gasteiger partial charge < -0.3 is 5.32 Å². The van der Waals surface area contributed by atoms with Crippen molar-refractivity contribution in [3.63, 3.8) is 0 Å². The molecule has 1 N–H and O–H groups in total. The minimum atomic E-state index is 0.545. The smallest absolute Gasteiger partial charge is 0.0367 e. The molecule has 1 heteroatoms. The van der Waals surface area contributed by atoms with E-state index in [0.717, 1.165) is 6.42 Å². The van der Waals surface area contributed by atoms with E-state index < -0.39 is 0 Å². The van der Waals surface area contributed by atoms with Crippen molar-refractivity contribution in [1.82, 2.24) is 5.32 Å². The molecule has 1 heterocycles. The monoisotopic (exact) mass is 349 g/mol. The van der Waals surface area contributed by atoms with Gasteiger partial charge >= 0.3 is 0 Å². The van der Waals surface area contributed by atoms with Gasteiger partial charge in [0.1, 0.15) is 0 Å². The van der Waals surface area contributed by atoms with E-state index in [1.54, 1.807) is 11.1 Å². The van der Waals surface area contributed by atoms with Gasteiger partial charge in [-0.15, -0.1) is 0 Å². The molecule has 1 aliphatic heterocycles. The summed E-state index contributed by atoms with van der Waals surface area (Å²) in [7, 11) is 0. The molecule has 26 heavy (non-hydrogen) atoms. The summed E-state index contributed by atoms with van der Waals surface area (Å²) in [6.07, 6.45) is 15.5. The first-order valence-corrected chi connectivity index (χ1v) is 10.3. The number of rotatable bonds is 4. The largest absolute Gasteiger partial charge is 0.382 e. The summed E-state index contributed by atoms with van der Waals surface area (Å²) < 4.78 is 0. The molecule has 0 saturated heterocycles. The van der Waals surface area contributed by atoms with E-state index in [2.05, 4.69) is 71.2 Å². The molecule has 0 aromatic carbocycles. The van der Waals surface area contributed by atoms with E-state index in [9.17, 15) is 0 Å². The highest BCUT2D eigenvalue weighted by molar-refractivity contribution is 5.55. The van der Waals surface area contributed by atoms with E-state index >= 15 is 0 Å². The third kappa shape index (κ3) is 3.98. The van der Waals surface area contributed by atoms with Crippen LogP contribution in [0.3, 0.4) is 0 Å². The molecule has 0 aromatic heterocycles. The number of hydrogen-bond acceptors (Lipinski definition) is 1. The van der Waals surface area contributed by atoms with Gasteiger partial charge in [0, 0.05) is 17.7 Å². The van der Waals surface area contributed by atoms with Gasteiger partial charge in [-0.2, -0.15) is 0 Å². The highest BCUT2D eigenvalue weighted by Crippen LogP contribution is 2.40. The van der Waals surface area contributed by atoms with Gasteiger partial charge in [-0.25, -0.2) is 0 Å². The molecular weight excluding hydrogens is 314 g/mol. The molecular formula is C25H35N. The van der Waals surface area contributed by atoms with Gasteiger partial charge in [0.2, 0.25) is 0 Å². The molecule has 3 aliphatic rings. The molecule has 0 aromatic rings. The van der Waals surface area contributed by atoms with E-state index in [0.29, 0.717) is 12.0 Å². The molecule has 1 nitrogen and oxygen atoms in total. The van der Waals surface area contributed by atoms with Gasteiger partial charge in [0.25, 0.3) is 0 Å². The van der Waals surface area contributed by atoms with Crippen LogP contribution in [0.5, 0.6) is 0 Å². The van der Waals surface area contributed by atoms with Crippen LogP contribution < -0.4 is 5.32 Å². The zero-order valence-corrected chi connectivity index (χ0v) is 17.5. The van der Waals surface area contributed by atoms with Crippen molar-refractivity contribution in [3.8, 4) is 0 Å². The van der Waals surface area contributed by atoms with Crippen LogP contribution in [0.2, 0.25) is 0 Å². The maximum Gasteiger partial charge on any atom is 0.0367 e. The number of nitrogens with one attached hydrogen (secondary N) is 1. The average molecular weight is 350 g/mol. The predicted molar refractivity (Wildman–Crippen MR) is 114 cm³/mol. The van der Waals surface area contributed by atoms with Crippen molar-refractivity contribution in [2.24, 2.45) is 5.92 Å². The highest BCUT2D eigenvalue weighted by atomic mass is 14.9. The Morgan fingerprint density at radius 1 is 1.15 bits per heavy atom. The van der Waals surface area contributed by atoms with Gasteiger partial charge in [0.05, 0.1) is 0 Å². The zero-order chi connectivity index (χ0) is 18.8. The van der Waals surface area contributed by atoms with Crippen molar-refractivity contribution >= 4 is 0 Å². The summed E-state index contributed by atoms with van der Waals surface area (Å²) in [5.74, 6) is 0.545. The maximum atomic E-state index is 3.75. The zero-order valence-electron chi connectivity index (χ0n) is 17.5. The molecule has 0 bridgehead atoms.